The SMILES string of the molecule is O=C(CSc1cc(NCc2ccccc2Cl)ncn1)NCc1ccccc1. The molecule has 27 heavy (non-hydrogen) atoms. The van der Waals surface area contributed by atoms with Gasteiger partial charge in [-0.15, -0.1) is 0 Å². The van der Waals surface area contributed by atoms with Gasteiger partial charge < -0.3 is 10.6 Å². The summed E-state index contributed by atoms with van der Waals surface area (Å²) in [6.07, 6.45) is 1.49. The average Bonchev–Trinajstić information content (AvgIpc) is 2.71. The molecular formula is C20H19ClN4OS. The van der Waals surface area contributed by atoms with Crippen molar-refractivity contribution in [3.05, 3.63) is 83.1 Å². The summed E-state index contributed by atoms with van der Waals surface area (Å²) >= 11 is 7.53. The van der Waals surface area contributed by atoms with E-state index in [1.807, 2.05) is 60.7 Å². The third kappa shape index (κ3) is 6.27. The Morgan fingerprint density at radius 2 is 1.78 bits per heavy atom. The predicted molar refractivity (Wildman–Crippen MR) is 110 cm³/mol. The van der Waals surface area contributed by atoms with Gasteiger partial charge in [-0.3, -0.25) is 4.79 Å². The van der Waals surface area contributed by atoms with E-state index in [0.717, 1.165) is 16.2 Å². The molecule has 0 unspecified atom stereocenters. The number of halogens is 1. The molecule has 138 valence electrons. The Hall–Kier alpha value is -2.57. The number of hydrogen-bond donors (Lipinski definition) is 2. The van der Waals surface area contributed by atoms with Gasteiger partial charge in [-0.2, -0.15) is 0 Å². The maximum absolute atomic E-state index is 12.0. The summed E-state index contributed by atoms with van der Waals surface area (Å²) in [6.45, 7) is 1.09. The molecule has 1 heterocycles. The third-order valence-corrected chi connectivity index (χ3v) is 5.04. The second-order valence-corrected chi connectivity index (χ2v) is 7.14. The van der Waals surface area contributed by atoms with E-state index < -0.39 is 0 Å². The first kappa shape index (κ1) is 19.2. The van der Waals surface area contributed by atoms with Crippen molar-refractivity contribution in [3.63, 3.8) is 0 Å². The summed E-state index contributed by atoms with van der Waals surface area (Å²) in [5.41, 5.74) is 2.07. The van der Waals surface area contributed by atoms with Crippen LogP contribution in [0.3, 0.4) is 0 Å². The molecule has 0 radical (unpaired) electrons. The Morgan fingerprint density at radius 1 is 1.00 bits per heavy atom. The predicted octanol–water partition coefficient (Wildman–Crippen LogP) is 4.15. The van der Waals surface area contributed by atoms with Crippen LogP contribution in [0.1, 0.15) is 11.1 Å². The Labute approximate surface area is 167 Å². The molecule has 3 rings (SSSR count). The molecule has 0 aliphatic heterocycles. The third-order valence-electron chi connectivity index (χ3n) is 3.74. The van der Waals surface area contributed by atoms with Gasteiger partial charge >= 0.3 is 0 Å². The molecule has 0 aliphatic rings. The summed E-state index contributed by atoms with van der Waals surface area (Å²) in [7, 11) is 0. The second kappa shape index (κ2) is 9.94. The first-order chi connectivity index (χ1) is 13.2. The highest BCUT2D eigenvalue weighted by atomic mass is 35.5. The van der Waals surface area contributed by atoms with Crippen LogP contribution in [-0.2, 0) is 17.9 Å². The van der Waals surface area contributed by atoms with E-state index in [4.69, 9.17) is 11.6 Å². The first-order valence-electron chi connectivity index (χ1n) is 8.43. The van der Waals surface area contributed by atoms with Crippen LogP contribution in [0, 0.1) is 0 Å². The minimum absolute atomic E-state index is 0.0342. The maximum Gasteiger partial charge on any atom is 0.230 e. The molecule has 0 bridgehead atoms. The minimum Gasteiger partial charge on any atom is -0.366 e. The summed E-state index contributed by atoms with van der Waals surface area (Å²) in [6, 6.07) is 19.3. The molecule has 1 aromatic heterocycles. The van der Waals surface area contributed by atoms with Crippen LogP contribution in [0.4, 0.5) is 5.82 Å². The van der Waals surface area contributed by atoms with Gasteiger partial charge in [-0.05, 0) is 17.2 Å². The highest BCUT2D eigenvalue weighted by molar-refractivity contribution is 7.99. The molecule has 0 saturated carbocycles. The topological polar surface area (TPSA) is 66.9 Å². The van der Waals surface area contributed by atoms with Crippen LogP contribution in [0.15, 0.2) is 72.0 Å². The van der Waals surface area contributed by atoms with Crippen LogP contribution in [-0.4, -0.2) is 21.6 Å². The summed E-state index contributed by atoms with van der Waals surface area (Å²) in [5, 5.41) is 7.58. The number of carbonyl (C=O) groups excluding carboxylic acids is 1. The number of thioether (sulfide) groups is 1. The molecule has 0 spiro atoms. The highest BCUT2D eigenvalue weighted by Gasteiger charge is 2.06. The van der Waals surface area contributed by atoms with Gasteiger partial charge in [0.1, 0.15) is 17.2 Å². The quantitative estimate of drug-likeness (QED) is 0.440. The summed E-state index contributed by atoms with van der Waals surface area (Å²) in [4.78, 5) is 20.4. The zero-order valence-electron chi connectivity index (χ0n) is 14.6. The van der Waals surface area contributed by atoms with Gasteiger partial charge in [-0.25, -0.2) is 9.97 Å². The van der Waals surface area contributed by atoms with Gasteiger partial charge in [0.15, 0.2) is 0 Å². The highest BCUT2D eigenvalue weighted by Crippen LogP contribution is 2.19. The molecule has 1 amide bonds. The molecule has 0 atom stereocenters. The molecule has 5 nitrogen and oxygen atoms in total. The summed E-state index contributed by atoms with van der Waals surface area (Å²) in [5.74, 6) is 0.957. The van der Waals surface area contributed by atoms with Crippen molar-refractivity contribution in [2.45, 2.75) is 18.1 Å². The van der Waals surface area contributed by atoms with Crippen LogP contribution in [0.2, 0.25) is 5.02 Å². The van der Waals surface area contributed by atoms with Crippen LogP contribution in [0.5, 0.6) is 0 Å². The molecule has 3 aromatic rings. The van der Waals surface area contributed by atoms with E-state index in [2.05, 4.69) is 20.6 Å². The first-order valence-corrected chi connectivity index (χ1v) is 9.80. The van der Waals surface area contributed by atoms with Crippen LogP contribution >= 0.6 is 23.4 Å². The number of rotatable bonds is 8. The normalized spacial score (nSPS) is 10.4. The molecule has 0 fully saturated rings. The molecule has 2 N–H and O–H groups in total. The molecular weight excluding hydrogens is 380 g/mol. The van der Waals surface area contributed by atoms with E-state index >= 15 is 0 Å². The van der Waals surface area contributed by atoms with Gasteiger partial charge in [0.05, 0.1) is 5.75 Å². The maximum atomic E-state index is 12.0. The Balaban J connectivity index is 1.47. The zero-order chi connectivity index (χ0) is 18.9. The lowest BCUT2D eigenvalue weighted by atomic mass is 10.2. The largest absolute Gasteiger partial charge is 0.366 e. The smallest absolute Gasteiger partial charge is 0.230 e. The second-order valence-electron chi connectivity index (χ2n) is 5.74. The number of benzene rings is 2. The van der Waals surface area contributed by atoms with E-state index in [9.17, 15) is 4.79 Å². The fourth-order valence-electron chi connectivity index (χ4n) is 2.33. The van der Waals surface area contributed by atoms with Gasteiger partial charge in [-0.1, -0.05) is 71.9 Å². The van der Waals surface area contributed by atoms with Crippen molar-refractivity contribution in [2.75, 3.05) is 11.1 Å². The Kier molecular flexibility index (Phi) is 7.07. The number of aromatic nitrogens is 2. The van der Waals surface area contributed by atoms with Crippen molar-refractivity contribution in [2.24, 2.45) is 0 Å². The lowest BCUT2D eigenvalue weighted by molar-refractivity contribution is -0.118. The number of nitrogens with zero attached hydrogens (tertiary/aromatic N) is 2. The lowest BCUT2D eigenvalue weighted by Gasteiger charge is -2.08. The van der Waals surface area contributed by atoms with Crippen molar-refractivity contribution < 1.29 is 4.79 Å². The van der Waals surface area contributed by atoms with Crippen LogP contribution < -0.4 is 10.6 Å². The number of carbonyl (C=O) groups is 1. The average molecular weight is 399 g/mol. The molecule has 0 aliphatic carbocycles. The zero-order valence-corrected chi connectivity index (χ0v) is 16.1. The molecule has 7 heteroatoms. The fraction of sp³-hybridized carbons (Fsp3) is 0.150. The van der Waals surface area contributed by atoms with Gasteiger partial charge in [0, 0.05) is 24.2 Å². The van der Waals surface area contributed by atoms with Gasteiger partial charge in [0.2, 0.25) is 5.91 Å². The Bertz CT molecular complexity index is 892. The van der Waals surface area contributed by atoms with Crippen molar-refractivity contribution >= 4 is 35.1 Å². The van der Waals surface area contributed by atoms with Gasteiger partial charge in [0.25, 0.3) is 0 Å². The monoisotopic (exact) mass is 398 g/mol. The summed E-state index contributed by atoms with van der Waals surface area (Å²) < 4.78 is 0. The minimum atomic E-state index is -0.0342. The Morgan fingerprint density at radius 3 is 2.59 bits per heavy atom. The van der Waals surface area contributed by atoms with E-state index in [-0.39, 0.29) is 5.91 Å². The van der Waals surface area contributed by atoms with E-state index in [1.165, 1.54) is 18.1 Å². The van der Waals surface area contributed by atoms with Crippen molar-refractivity contribution in [3.8, 4) is 0 Å². The van der Waals surface area contributed by atoms with E-state index in [0.29, 0.717) is 29.7 Å². The fourth-order valence-corrected chi connectivity index (χ4v) is 3.23. The number of anilines is 1. The molecule has 0 saturated heterocycles. The number of hydrogen-bond acceptors (Lipinski definition) is 5. The van der Waals surface area contributed by atoms with Crippen LogP contribution in [0.25, 0.3) is 0 Å². The van der Waals surface area contributed by atoms with Crippen molar-refractivity contribution in [1.82, 2.24) is 15.3 Å². The van der Waals surface area contributed by atoms with E-state index in [1.54, 1.807) is 0 Å². The number of amides is 1. The number of nitrogens with one attached hydrogen (secondary N) is 2. The van der Waals surface area contributed by atoms with Crippen molar-refractivity contribution in [1.29, 1.82) is 0 Å². The molecule has 2 aromatic carbocycles. The lowest BCUT2D eigenvalue weighted by Crippen LogP contribution is -2.24. The standard InChI is InChI=1S/C20H19ClN4OS/c21-17-9-5-4-8-16(17)12-22-18-10-20(25-14-24-18)27-13-19(26)23-11-15-6-2-1-3-7-15/h1-10,14H,11-13H2,(H,23,26)(H,22,24,25).